The van der Waals surface area contributed by atoms with Gasteiger partial charge >= 0.3 is 5.69 Å². The van der Waals surface area contributed by atoms with Gasteiger partial charge in [0, 0.05) is 28.2 Å². The number of halogens is 1. The molecule has 0 spiro atoms. The zero-order valence-electron chi connectivity index (χ0n) is 21.5. The van der Waals surface area contributed by atoms with Gasteiger partial charge in [-0.3, -0.25) is 25.0 Å². The number of aryl methyl sites for hydroxylation is 1. The second-order valence-corrected chi connectivity index (χ2v) is 10.3. The molecule has 5 rings (SSSR count). The molecule has 1 aromatic heterocycles. The number of thioether (sulfide) groups is 1. The highest BCUT2D eigenvalue weighted by Gasteiger charge is 2.25. The van der Waals surface area contributed by atoms with E-state index in [1.54, 1.807) is 48.5 Å². The van der Waals surface area contributed by atoms with Crippen LogP contribution in [0.3, 0.4) is 0 Å². The smallest absolute Gasteiger partial charge is 0.318 e. The van der Waals surface area contributed by atoms with E-state index < -0.39 is 21.2 Å². The van der Waals surface area contributed by atoms with Crippen LogP contribution in [0.2, 0.25) is 5.02 Å². The fourth-order valence-electron chi connectivity index (χ4n) is 4.22. The number of hydrogen-bond acceptors (Lipinski definition) is 8. The Labute approximate surface area is 242 Å². The molecule has 2 heterocycles. The fourth-order valence-corrected chi connectivity index (χ4v) is 5.18. The molecule has 1 aliphatic rings. The number of carbonyl (C=O) groups excluding carboxylic acids is 1. The lowest BCUT2D eigenvalue weighted by Gasteiger charge is -2.11. The van der Waals surface area contributed by atoms with E-state index in [9.17, 15) is 25.0 Å². The summed E-state index contributed by atoms with van der Waals surface area (Å²) in [6, 6.07) is 19.0. The number of nitrogens with one attached hydrogen (secondary N) is 1. The van der Waals surface area contributed by atoms with Crippen molar-refractivity contribution in [2.45, 2.75) is 13.8 Å². The number of aromatic nitrogens is 1. The first kappa shape index (κ1) is 27.6. The van der Waals surface area contributed by atoms with Crippen LogP contribution < -0.4 is 10.1 Å². The SMILES string of the molecule is Cc1cc(/C=C2\SC(=Nc3ccc(Cl)cc3)NC2=O)c(C)n1-c1ccc(Oc2ccc([N+](=O)[O-])cc2[N+](=O)[O-])cc1. The standard InChI is InChI=1S/C28H20ClN5O6S/c1-16-13-18(14-26-27(35)31-28(41-26)30-20-5-3-19(29)4-6-20)17(2)32(16)21-7-10-23(11-8-21)40-25-12-9-22(33(36)37)15-24(25)34(38)39/h3-15H,1-2H3,(H,30,31,35)/b26-14-. The molecule has 1 amide bonds. The van der Waals surface area contributed by atoms with Crippen molar-refractivity contribution in [3.05, 3.63) is 120 Å². The third kappa shape index (κ3) is 5.98. The molecule has 0 aliphatic carbocycles. The molecule has 11 nitrogen and oxygen atoms in total. The molecule has 1 N–H and O–H groups in total. The van der Waals surface area contributed by atoms with Crippen molar-refractivity contribution in [1.29, 1.82) is 0 Å². The van der Waals surface area contributed by atoms with Crippen molar-refractivity contribution in [1.82, 2.24) is 9.88 Å². The number of hydrogen-bond donors (Lipinski definition) is 1. The van der Waals surface area contributed by atoms with Gasteiger partial charge in [-0.15, -0.1) is 0 Å². The van der Waals surface area contributed by atoms with Crippen LogP contribution in [-0.4, -0.2) is 25.5 Å². The summed E-state index contributed by atoms with van der Waals surface area (Å²) in [7, 11) is 0. The predicted molar refractivity (Wildman–Crippen MR) is 157 cm³/mol. The Morgan fingerprint density at radius 2 is 1.68 bits per heavy atom. The van der Waals surface area contributed by atoms with Crippen molar-refractivity contribution in [3.8, 4) is 17.2 Å². The van der Waals surface area contributed by atoms with Gasteiger partial charge in [0.2, 0.25) is 5.75 Å². The van der Waals surface area contributed by atoms with E-state index >= 15 is 0 Å². The van der Waals surface area contributed by atoms with Crippen LogP contribution in [-0.2, 0) is 4.79 Å². The van der Waals surface area contributed by atoms with Crippen LogP contribution in [0.4, 0.5) is 17.1 Å². The van der Waals surface area contributed by atoms with Gasteiger partial charge in [0.1, 0.15) is 5.75 Å². The summed E-state index contributed by atoms with van der Waals surface area (Å²) >= 11 is 7.17. The molecule has 4 aromatic rings. The normalized spacial score (nSPS) is 14.9. The van der Waals surface area contributed by atoms with E-state index in [0.717, 1.165) is 34.8 Å². The number of nitro benzene ring substituents is 2. The van der Waals surface area contributed by atoms with Crippen molar-refractivity contribution in [2.75, 3.05) is 0 Å². The number of nitro groups is 2. The Morgan fingerprint density at radius 3 is 2.34 bits per heavy atom. The molecule has 13 heteroatoms. The number of non-ortho nitro benzene ring substituents is 1. The predicted octanol–water partition coefficient (Wildman–Crippen LogP) is 7.25. The van der Waals surface area contributed by atoms with Gasteiger partial charge in [-0.25, -0.2) is 4.99 Å². The Hall–Kier alpha value is -4.94. The number of amides is 1. The minimum Gasteiger partial charge on any atom is -0.450 e. The molecule has 0 unspecified atom stereocenters. The maximum absolute atomic E-state index is 12.6. The maximum Gasteiger partial charge on any atom is 0.318 e. The van der Waals surface area contributed by atoms with E-state index in [2.05, 4.69) is 10.3 Å². The Kier molecular flexibility index (Phi) is 7.60. The molecule has 1 saturated heterocycles. The number of benzene rings is 3. The van der Waals surface area contributed by atoms with Gasteiger partial charge in [0.15, 0.2) is 5.17 Å². The van der Waals surface area contributed by atoms with Gasteiger partial charge in [0.05, 0.1) is 26.5 Å². The summed E-state index contributed by atoms with van der Waals surface area (Å²) in [6.07, 6.45) is 1.81. The van der Waals surface area contributed by atoms with Crippen LogP contribution in [0.5, 0.6) is 11.5 Å². The van der Waals surface area contributed by atoms with Crippen LogP contribution in [0.1, 0.15) is 17.0 Å². The molecular formula is C28H20ClN5O6S. The Morgan fingerprint density at radius 1 is 0.976 bits per heavy atom. The first-order valence-corrected chi connectivity index (χ1v) is 13.2. The van der Waals surface area contributed by atoms with Crippen molar-refractivity contribution in [3.63, 3.8) is 0 Å². The molecule has 206 valence electrons. The van der Waals surface area contributed by atoms with Gasteiger partial charge in [-0.1, -0.05) is 11.6 Å². The highest BCUT2D eigenvalue weighted by atomic mass is 35.5. The van der Waals surface area contributed by atoms with Crippen LogP contribution >= 0.6 is 23.4 Å². The van der Waals surface area contributed by atoms with E-state index in [-0.39, 0.29) is 11.7 Å². The lowest BCUT2D eigenvalue weighted by Crippen LogP contribution is -2.19. The van der Waals surface area contributed by atoms with Crippen molar-refractivity contribution in [2.24, 2.45) is 4.99 Å². The van der Waals surface area contributed by atoms with Gasteiger partial charge in [-0.05, 0) is 97.9 Å². The summed E-state index contributed by atoms with van der Waals surface area (Å²) in [5.41, 5.74) is 3.25. The average molecular weight is 590 g/mol. The van der Waals surface area contributed by atoms with Crippen molar-refractivity contribution < 1.29 is 19.4 Å². The van der Waals surface area contributed by atoms with E-state index in [1.165, 1.54) is 17.8 Å². The number of nitrogens with zero attached hydrogens (tertiary/aromatic N) is 4. The Bertz CT molecular complexity index is 1760. The Balaban J connectivity index is 1.36. The largest absolute Gasteiger partial charge is 0.450 e. The summed E-state index contributed by atoms with van der Waals surface area (Å²) in [5.74, 6) is -0.0294. The first-order chi connectivity index (χ1) is 19.6. The summed E-state index contributed by atoms with van der Waals surface area (Å²) in [6.45, 7) is 3.87. The highest BCUT2D eigenvalue weighted by molar-refractivity contribution is 8.18. The van der Waals surface area contributed by atoms with E-state index in [4.69, 9.17) is 16.3 Å². The number of rotatable bonds is 7. The van der Waals surface area contributed by atoms with Gasteiger partial charge < -0.3 is 14.6 Å². The molecule has 1 aliphatic heterocycles. The number of ether oxygens (including phenoxy) is 1. The summed E-state index contributed by atoms with van der Waals surface area (Å²) in [5, 5.41) is 26.3. The number of aliphatic imine (C=N–C) groups is 1. The lowest BCUT2D eigenvalue weighted by molar-refractivity contribution is -0.394. The topological polar surface area (TPSA) is 142 Å². The second kappa shape index (κ2) is 11.3. The van der Waals surface area contributed by atoms with Gasteiger partial charge in [0.25, 0.3) is 11.6 Å². The monoisotopic (exact) mass is 589 g/mol. The maximum atomic E-state index is 12.6. The summed E-state index contributed by atoms with van der Waals surface area (Å²) in [4.78, 5) is 38.6. The second-order valence-electron chi connectivity index (χ2n) is 8.88. The van der Waals surface area contributed by atoms with E-state index in [0.29, 0.717) is 26.5 Å². The van der Waals surface area contributed by atoms with Gasteiger partial charge in [-0.2, -0.15) is 0 Å². The van der Waals surface area contributed by atoms with Crippen LogP contribution in [0, 0.1) is 34.1 Å². The highest BCUT2D eigenvalue weighted by Crippen LogP contribution is 2.35. The zero-order chi connectivity index (χ0) is 29.3. The van der Waals surface area contributed by atoms with Crippen molar-refractivity contribution >= 4 is 57.6 Å². The molecule has 0 saturated carbocycles. The van der Waals surface area contributed by atoms with E-state index in [1.807, 2.05) is 30.6 Å². The molecule has 3 aromatic carbocycles. The third-order valence-corrected chi connectivity index (χ3v) is 7.30. The molecule has 1 fully saturated rings. The average Bonchev–Trinajstić information content (AvgIpc) is 3.42. The third-order valence-electron chi connectivity index (χ3n) is 6.14. The molecule has 0 radical (unpaired) electrons. The first-order valence-electron chi connectivity index (χ1n) is 12.0. The summed E-state index contributed by atoms with van der Waals surface area (Å²) < 4.78 is 7.68. The fraction of sp³-hybridized carbons (Fsp3) is 0.0714. The molecule has 41 heavy (non-hydrogen) atoms. The van der Waals surface area contributed by atoms with Crippen LogP contribution in [0.25, 0.3) is 11.8 Å². The molecule has 0 atom stereocenters. The number of amidine groups is 1. The zero-order valence-corrected chi connectivity index (χ0v) is 23.1. The molecule has 0 bridgehead atoms. The quantitative estimate of drug-likeness (QED) is 0.136. The minimum atomic E-state index is -0.728. The van der Waals surface area contributed by atoms with Crippen LogP contribution in [0.15, 0.2) is 82.7 Å². The number of carbonyl (C=O) groups is 1. The molecular weight excluding hydrogens is 570 g/mol. The lowest BCUT2D eigenvalue weighted by atomic mass is 10.2. The minimum absolute atomic E-state index is 0.109.